The summed E-state index contributed by atoms with van der Waals surface area (Å²) in [6.45, 7) is 1.75. The minimum absolute atomic E-state index is 0.0417. The van der Waals surface area contributed by atoms with Gasteiger partial charge in [0.15, 0.2) is 6.10 Å². The first-order valence-corrected chi connectivity index (χ1v) is 5.15. The number of carbonyl (C=O) groups is 1. The summed E-state index contributed by atoms with van der Waals surface area (Å²) in [4.78, 5) is 12.0. The zero-order valence-electron chi connectivity index (χ0n) is 8.77. The molecule has 3 nitrogen and oxygen atoms in total. The highest BCUT2D eigenvalue weighted by Crippen LogP contribution is 2.36. The van der Waals surface area contributed by atoms with E-state index < -0.39 is 6.10 Å². The second kappa shape index (κ2) is 3.23. The lowest BCUT2D eigenvalue weighted by Gasteiger charge is -2.10. The maximum Gasteiger partial charge on any atom is 0.206 e. The van der Waals surface area contributed by atoms with Gasteiger partial charge in [-0.25, -0.2) is 0 Å². The third-order valence-electron chi connectivity index (χ3n) is 2.74. The fraction of sp³-hybridized carbons (Fsp3) is 0.154. The number of benzene rings is 1. The maximum atomic E-state index is 12.0. The van der Waals surface area contributed by atoms with Crippen LogP contribution in [0.5, 0.6) is 5.75 Å². The summed E-state index contributed by atoms with van der Waals surface area (Å²) < 4.78 is 11.0. The number of ether oxygens (including phenoxy) is 1. The van der Waals surface area contributed by atoms with Crippen molar-refractivity contribution in [3.05, 3.63) is 42.2 Å². The zero-order chi connectivity index (χ0) is 11.1. The molecule has 1 aromatic heterocycles. The van der Waals surface area contributed by atoms with Crippen LogP contribution in [0.4, 0.5) is 0 Å². The lowest BCUT2D eigenvalue weighted by molar-refractivity contribution is 0.0824. The van der Waals surface area contributed by atoms with Gasteiger partial charge in [0.2, 0.25) is 5.78 Å². The molecule has 2 heterocycles. The van der Waals surface area contributed by atoms with Gasteiger partial charge in [0.25, 0.3) is 0 Å². The number of hydrogen-bond donors (Lipinski definition) is 0. The Morgan fingerprint density at radius 2 is 1.94 bits per heavy atom. The molecule has 1 aromatic carbocycles. The molecule has 1 atom stereocenters. The number of furan rings is 1. The van der Waals surface area contributed by atoms with Crippen molar-refractivity contribution in [3.8, 4) is 17.1 Å². The van der Waals surface area contributed by atoms with Crippen molar-refractivity contribution in [2.75, 3.05) is 0 Å². The van der Waals surface area contributed by atoms with Gasteiger partial charge in [-0.05, 0) is 25.1 Å². The van der Waals surface area contributed by atoms with E-state index in [1.807, 2.05) is 24.3 Å². The van der Waals surface area contributed by atoms with E-state index in [-0.39, 0.29) is 5.78 Å². The molecule has 0 spiro atoms. The quantitative estimate of drug-likeness (QED) is 0.676. The molecule has 0 saturated carbocycles. The van der Waals surface area contributed by atoms with Crippen molar-refractivity contribution >= 4 is 5.78 Å². The van der Waals surface area contributed by atoms with E-state index in [2.05, 4.69) is 0 Å². The monoisotopic (exact) mass is 214 g/mol. The second-order valence-electron chi connectivity index (χ2n) is 3.78. The standard InChI is InChI=1S/C13H10O3/c1-8-12(14)10-6-7-15-13(10)9-4-2-3-5-11(9)16-8/h2-8H,1H3. The minimum atomic E-state index is -0.472. The molecule has 1 aliphatic rings. The summed E-state index contributed by atoms with van der Waals surface area (Å²) in [5.74, 6) is 1.25. The van der Waals surface area contributed by atoms with Crippen LogP contribution in [0.1, 0.15) is 17.3 Å². The van der Waals surface area contributed by atoms with Gasteiger partial charge < -0.3 is 9.15 Å². The predicted molar refractivity (Wildman–Crippen MR) is 58.6 cm³/mol. The molecule has 2 aromatic rings. The Kier molecular flexibility index (Phi) is 1.86. The maximum absolute atomic E-state index is 12.0. The third-order valence-corrected chi connectivity index (χ3v) is 2.74. The van der Waals surface area contributed by atoms with Gasteiger partial charge in [-0.3, -0.25) is 4.79 Å². The highest BCUT2D eigenvalue weighted by Gasteiger charge is 2.28. The Morgan fingerprint density at radius 1 is 1.12 bits per heavy atom. The summed E-state index contributed by atoms with van der Waals surface area (Å²) in [5.41, 5.74) is 1.43. The third kappa shape index (κ3) is 1.18. The fourth-order valence-corrected chi connectivity index (χ4v) is 1.93. The van der Waals surface area contributed by atoms with Gasteiger partial charge in [0, 0.05) is 0 Å². The van der Waals surface area contributed by atoms with E-state index in [1.165, 1.54) is 6.26 Å². The molecule has 0 N–H and O–H groups in total. The second-order valence-corrected chi connectivity index (χ2v) is 3.78. The van der Waals surface area contributed by atoms with Crippen LogP contribution in [0.2, 0.25) is 0 Å². The minimum Gasteiger partial charge on any atom is -0.482 e. The van der Waals surface area contributed by atoms with E-state index >= 15 is 0 Å². The number of fused-ring (bicyclic) bond motifs is 3. The van der Waals surface area contributed by atoms with Gasteiger partial charge in [-0.15, -0.1) is 0 Å². The van der Waals surface area contributed by atoms with E-state index in [9.17, 15) is 4.79 Å². The Bertz CT molecular complexity index is 554. The molecule has 0 aliphatic carbocycles. The highest BCUT2D eigenvalue weighted by atomic mass is 16.5. The largest absolute Gasteiger partial charge is 0.482 e. The van der Waals surface area contributed by atoms with E-state index in [0.29, 0.717) is 17.1 Å². The van der Waals surface area contributed by atoms with Gasteiger partial charge in [-0.2, -0.15) is 0 Å². The molecule has 1 aliphatic heterocycles. The van der Waals surface area contributed by atoms with Gasteiger partial charge in [0.05, 0.1) is 17.4 Å². The fourth-order valence-electron chi connectivity index (χ4n) is 1.93. The van der Waals surface area contributed by atoms with E-state index in [0.717, 1.165) is 5.56 Å². The zero-order valence-corrected chi connectivity index (χ0v) is 8.77. The Hall–Kier alpha value is -2.03. The molecule has 80 valence electrons. The summed E-state index contributed by atoms with van der Waals surface area (Å²) >= 11 is 0. The summed E-state index contributed by atoms with van der Waals surface area (Å²) in [6.07, 6.45) is 1.07. The molecule has 0 bridgehead atoms. The van der Waals surface area contributed by atoms with E-state index in [4.69, 9.17) is 9.15 Å². The molecule has 0 saturated heterocycles. The van der Waals surface area contributed by atoms with Gasteiger partial charge in [-0.1, -0.05) is 12.1 Å². The number of para-hydroxylation sites is 1. The average molecular weight is 214 g/mol. The Labute approximate surface area is 92.6 Å². The topological polar surface area (TPSA) is 39.4 Å². The van der Waals surface area contributed by atoms with E-state index in [1.54, 1.807) is 13.0 Å². The first-order chi connectivity index (χ1) is 7.77. The van der Waals surface area contributed by atoms with Crippen molar-refractivity contribution in [1.29, 1.82) is 0 Å². The molecular weight excluding hydrogens is 204 g/mol. The number of carbonyl (C=O) groups excluding carboxylic acids is 1. The molecule has 3 heteroatoms. The van der Waals surface area contributed by atoms with Crippen molar-refractivity contribution in [2.24, 2.45) is 0 Å². The van der Waals surface area contributed by atoms with Gasteiger partial charge in [0.1, 0.15) is 11.5 Å². The lowest BCUT2D eigenvalue weighted by atomic mass is 10.0. The summed E-state index contributed by atoms with van der Waals surface area (Å²) in [5, 5.41) is 0. The molecular formula is C13H10O3. The van der Waals surface area contributed by atoms with Crippen molar-refractivity contribution in [2.45, 2.75) is 13.0 Å². The van der Waals surface area contributed by atoms with Crippen LogP contribution in [0, 0.1) is 0 Å². The molecule has 0 amide bonds. The van der Waals surface area contributed by atoms with Crippen LogP contribution in [0.3, 0.4) is 0 Å². The van der Waals surface area contributed by atoms with Crippen LogP contribution in [0.15, 0.2) is 41.0 Å². The van der Waals surface area contributed by atoms with Crippen LogP contribution >= 0.6 is 0 Å². The molecule has 0 fully saturated rings. The van der Waals surface area contributed by atoms with Crippen molar-refractivity contribution < 1.29 is 13.9 Å². The smallest absolute Gasteiger partial charge is 0.206 e. The van der Waals surface area contributed by atoms with Crippen LogP contribution in [-0.4, -0.2) is 11.9 Å². The molecule has 3 rings (SSSR count). The number of ketones is 1. The van der Waals surface area contributed by atoms with Crippen molar-refractivity contribution in [1.82, 2.24) is 0 Å². The van der Waals surface area contributed by atoms with Crippen LogP contribution in [-0.2, 0) is 0 Å². The van der Waals surface area contributed by atoms with Crippen LogP contribution < -0.4 is 4.74 Å². The highest BCUT2D eigenvalue weighted by molar-refractivity contribution is 6.05. The Balaban J connectivity index is 2.31. The van der Waals surface area contributed by atoms with Crippen LogP contribution in [0.25, 0.3) is 11.3 Å². The summed E-state index contributed by atoms with van der Waals surface area (Å²) in [7, 11) is 0. The summed E-state index contributed by atoms with van der Waals surface area (Å²) in [6, 6.07) is 9.21. The number of hydrogen-bond acceptors (Lipinski definition) is 3. The Morgan fingerprint density at radius 3 is 2.81 bits per heavy atom. The van der Waals surface area contributed by atoms with Gasteiger partial charge >= 0.3 is 0 Å². The molecule has 0 radical (unpaired) electrons. The normalized spacial score (nSPS) is 18.3. The first kappa shape index (κ1) is 9.21. The lowest BCUT2D eigenvalue weighted by Crippen LogP contribution is -2.22. The number of Topliss-reactive ketones (excluding diaryl/α,β-unsaturated/α-hetero) is 1. The predicted octanol–water partition coefficient (Wildman–Crippen LogP) is 2.91. The van der Waals surface area contributed by atoms with Crippen molar-refractivity contribution in [3.63, 3.8) is 0 Å². The molecule has 1 unspecified atom stereocenters. The average Bonchev–Trinajstić information content (AvgIpc) is 2.74. The number of rotatable bonds is 0. The SMILES string of the molecule is CC1Oc2ccccc2-c2occc2C1=O. The molecule has 16 heavy (non-hydrogen) atoms. The first-order valence-electron chi connectivity index (χ1n) is 5.15.